The lowest BCUT2D eigenvalue weighted by molar-refractivity contribution is 0.257. The summed E-state index contributed by atoms with van der Waals surface area (Å²) in [5.74, 6) is 4.43. The summed E-state index contributed by atoms with van der Waals surface area (Å²) in [5.41, 5.74) is 1.56. The Morgan fingerprint density at radius 1 is 1.69 bits per heavy atom. The zero-order chi connectivity index (χ0) is 9.26. The number of fused-ring (bicyclic) bond motifs is 1. The lowest BCUT2D eigenvalue weighted by Gasteiger charge is -2.35. The van der Waals surface area contributed by atoms with Crippen molar-refractivity contribution in [2.75, 3.05) is 6.54 Å². The van der Waals surface area contributed by atoms with E-state index in [0.717, 1.165) is 30.7 Å². The minimum Gasteiger partial charge on any atom is -0.313 e. The van der Waals surface area contributed by atoms with Crippen LogP contribution >= 0.6 is 0 Å². The Morgan fingerprint density at radius 2 is 2.54 bits per heavy atom. The normalized spacial score (nSPS) is 36.9. The molecule has 0 radical (unpaired) electrons. The van der Waals surface area contributed by atoms with Gasteiger partial charge in [-0.1, -0.05) is 11.6 Å². The summed E-state index contributed by atoms with van der Waals surface area (Å²) >= 11 is 0. The molecule has 0 spiro atoms. The molecule has 13 heavy (non-hydrogen) atoms. The number of nitrogens with one attached hydrogen (secondary N) is 1. The van der Waals surface area contributed by atoms with E-state index in [4.69, 9.17) is 6.42 Å². The van der Waals surface area contributed by atoms with Gasteiger partial charge in [0.15, 0.2) is 0 Å². The maximum atomic E-state index is 5.21. The topological polar surface area (TPSA) is 12.0 Å². The molecule has 0 aromatic heterocycles. The third-order valence-corrected chi connectivity index (χ3v) is 3.42. The zero-order valence-corrected chi connectivity index (χ0v) is 8.22. The van der Waals surface area contributed by atoms with Crippen LogP contribution in [-0.2, 0) is 0 Å². The number of hydrogen-bond acceptors (Lipinski definition) is 1. The Morgan fingerprint density at radius 3 is 3.08 bits per heavy atom. The van der Waals surface area contributed by atoms with Crippen LogP contribution in [0.4, 0.5) is 0 Å². The standard InChI is InChI=1S/C12H17N/c1-3-4-5-6-9(2)12-10-7-11(12)13-8-10/h1,6,10-13H,4-5,7-8H2,2H3/b9-6+. The second-order valence-corrected chi connectivity index (χ2v) is 4.23. The van der Waals surface area contributed by atoms with Gasteiger partial charge in [0, 0.05) is 12.5 Å². The molecule has 70 valence electrons. The third-order valence-electron chi connectivity index (χ3n) is 3.42. The Hall–Kier alpha value is -0.740. The second kappa shape index (κ2) is 3.55. The Kier molecular flexibility index (Phi) is 2.42. The molecular weight excluding hydrogens is 158 g/mol. The van der Waals surface area contributed by atoms with Crippen LogP contribution in [0.25, 0.3) is 0 Å². The van der Waals surface area contributed by atoms with Crippen LogP contribution in [0, 0.1) is 24.2 Å². The highest BCUT2D eigenvalue weighted by Gasteiger charge is 2.46. The molecule has 1 aliphatic carbocycles. The molecule has 2 saturated heterocycles. The number of terminal acetylenes is 1. The largest absolute Gasteiger partial charge is 0.313 e. The van der Waals surface area contributed by atoms with E-state index < -0.39 is 0 Å². The van der Waals surface area contributed by atoms with E-state index in [2.05, 4.69) is 24.2 Å². The highest BCUT2D eigenvalue weighted by molar-refractivity contribution is 5.18. The predicted octanol–water partition coefficient (Wildman–Crippen LogP) is 1.95. The van der Waals surface area contributed by atoms with Gasteiger partial charge in [0.05, 0.1) is 0 Å². The van der Waals surface area contributed by atoms with Crippen LogP contribution in [0.1, 0.15) is 26.2 Å². The fourth-order valence-electron chi connectivity index (χ4n) is 2.68. The van der Waals surface area contributed by atoms with Gasteiger partial charge in [0.2, 0.25) is 0 Å². The van der Waals surface area contributed by atoms with Crippen LogP contribution < -0.4 is 5.32 Å². The van der Waals surface area contributed by atoms with Crippen molar-refractivity contribution in [2.45, 2.75) is 32.2 Å². The SMILES string of the molecule is C#CCC/C=C(\C)C1C2CNC1C2. The molecule has 0 aromatic rings. The summed E-state index contributed by atoms with van der Waals surface area (Å²) in [7, 11) is 0. The Balaban J connectivity index is 1.87. The van der Waals surface area contributed by atoms with E-state index >= 15 is 0 Å². The summed E-state index contributed by atoms with van der Waals surface area (Å²) in [6, 6.07) is 0.784. The van der Waals surface area contributed by atoms with Crippen LogP contribution in [-0.4, -0.2) is 12.6 Å². The predicted molar refractivity (Wildman–Crippen MR) is 55.2 cm³/mol. The maximum Gasteiger partial charge on any atom is 0.0139 e. The van der Waals surface area contributed by atoms with Gasteiger partial charge in [0.25, 0.3) is 0 Å². The molecule has 3 rings (SSSR count). The van der Waals surface area contributed by atoms with E-state index in [-0.39, 0.29) is 0 Å². The van der Waals surface area contributed by atoms with Crippen LogP contribution in [0.3, 0.4) is 0 Å². The summed E-state index contributed by atoms with van der Waals surface area (Å²) in [6.07, 6.45) is 10.9. The van der Waals surface area contributed by atoms with Crippen LogP contribution in [0.5, 0.6) is 0 Å². The average molecular weight is 175 g/mol. The van der Waals surface area contributed by atoms with Crippen molar-refractivity contribution in [2.24, 2.45) is 11.8 Å². The van der Waals surface area contributed by atoms with Gasteiger partial charge in [0.1, 0.15) is 0 Å². The van der Waals surface area contributed by atoms with Crippen molar-refractivity contribution in [3.8, 4) is 12.3 Å². The summed E-state index contributed by atoms with van der Waals surface area (Å²) < 4.78 is 0. The zero-order valence-electron chi connectivity index (χ0n) is 8.22. The lowest BCUT2D eigenvalue weighted by Crippen LogP contribution is -2.37. The molecule has 1 N–H and O–H groups in total. The first-order valence-electron chi connectivity index (χ1n) is 5.16. The van der Waals surface area contributed by atoms with Crippen LogP contribution in [0.2, 0.25) is 0 Å². The average Bonchev–Trinajstić information content (AvgIpc) is 2.64. The van der Waals surface area contributed by atoms with Gasteiger partial charge < -0.3 is 5.32 Å². The molecule has 1 saturated carbocycles. The van der Waals surface area contributed by atoms with Crippen molar-refractivity contribution < 1.29 is 0 Å². The van der Waals surface area contributed by atoms with Crippen molar-refractivity contribution in [3.05, 3.63) is 11.6 Å². The van der Waals surface area contributed by atoms with E-state index in [1.165, 1.54) is 13.0 Å². The first-order valence-corrected chi connectivity index (χ1v) is 5.16. The first-order chi connectivity index (χ1) is 6.33. The highest BCUT2D eigenvalue weighted by atomic mass is 15.0. The van der Waals surface area contributed by atoms with E-state index in [9.17, 15) is 0 Å². The highest BCUT2D eigenvalue weighted by Crippen LogP contribution is 2.44. The van der Waals surface area contributed by atoms with E-state index in [0.29, 0.717) is 0 Å². The van der Waals surface area contributed by atoms with Gasteiger partial charge in [-0.05, 0) is 38.1 Å². The quantitative estimate of drug-likeness (QED) is 0.393. The maximum absolute atomic E-state index is 5.21. The van der Waals surface area contributed by atoms with Crippen molar-refractivity contribution in [1.82, 2.24) is 5.32 Å². The Labute approximate surface area is 80.6 Å². The molecule has 3 fully saturated rings. The lowest BCUT2D eigenvalue weighted by atomic mass is 9.70. The van der Waals surface area contributed by atoms with Gasteiger partial charge in [-0.15, -0.1) is 12.3 Å². The molecule has 0 aromatic carbocycles. The van der Waals surface area contributed by atoms with Gasteiger partial charge in [-0.25, -0.2) is 0 Å². The molecule has 3 atom stereocenters. The monoisotopic (exact) mass is 175 g/mol. The molecule has 2 aliphatic heterocycles. The number of allylic oxidation sites excluding steroid dienone is 1. The van der Waals surface area contributed by atoms with Gasteiger partial charge in [-0.3, -0.25) is 0 Å². The fourth-order valence-corrected chi connectivity index (χ4v) is 2.68. The summed E-state index contributed by atoms with van der Waals surface area (Å²) in [5, 5.41) is 3.53. The van der Waals surface area contributed by atoms with E-state index in [1.54, 1.807) is 5.57 Å². The molecule has 1 nitrogen and oxygen atoms in total. The number of hydrogen-bond donors (Lipinski definition) is 1. The van der Waals surface area contributed by atoms with Crippen LogP contribution in [0.15, 0.2) is 11.6 Å². The molecule has 3 unspecified atom stereocenters. The minimum absolute atomic E-state index is 0.784. The number of rotatable bonds is 3. The summed E-state index contributed by atoms with van der Waals surface area (Å²) in [6.45, 7) is 3.49. The second-order valence-electron chi connectivity index (χ2n) is 4.23. The molecular formula is C12H17N. The van der Waals surface area contributed by atoms with Crippen molar-refractivity contribution in [3.63, 3.8) is 0 Å². The minimum atomic E-state index is 0.784. The third kappa shape index (κ3) is 1.51. The van der Waals surface area contributed by atoms with Crippen molar-refractivity contribution in [1.29, 1.82) is 0 Å². The van der Waals surface area contributed by atoms with Gasteiger partial charge in [-0.2, -0.15) is 0 Å². The molecule has 0 amide bonds. The van der Waals surface area contributed by atoms with Crippen molar-refractivity contribution >= 4 is 0 Å². The van der Waals surface area contributed by atoms with Gasteiger partial charge >= 0.3 is 0 Å². The molecule has 3 aliphatic rings. The smallest absolute Gasteiger partial charge is 0.0139 e. The summed E-state index contributed by atoms with van der Waals surface area (Å²) in [4.78, 5) is 0. The first kappa shape index (κ1) is 8.84. The molecule has 2 heterocycles. The fraction of sp³-hybridized carbons (Fsp3) is 0.667. The Bertz CT molecular complexity index is 245. The molecule has 1 heteroatoms. The molecule has 2 bridgehead atoms. The van der Waals surface area contributed by atoms with E-state index in [1.807, 2.05) is 0 Å². The number of unbranched alkanes of at least 4 members (excludes halogenated alkanes) is 1.